The van der Waals surface area contributed by atoms with Gasteiger partial charge in [-0.2, -0.15) is 0 Å². The van der Waals surface area contributed by atoms with Gasteiger partial charge in [0, 0.05) is 41.8 Å². The van der Waals surface area contributed by atoms with Gasteiger partial charge in [-0.3, -0.25) is 9.78 Å². The highest BCUT2D eigenvalue weighted by Gasteiger charge is 2.42. The summed E-state index contributed by atoms with van der Waals surface area (Å²) in [6.45, 7) is 4.09. The number of nitrogens with zero attached hydrogens (tertiary/aromatic N) is 3. The fourth-order valence-corrected chi connectivity index (χ4v) is 5.40. The van der Waals surface area contributed by atoms with Crippen molar-refractivity contribution in [2.24, 2.45) is 0 Å². The van der Waals surface area contributed by atoms with Crippen molar-refractivity contribution < 1.29 is 13.9 Å². The molecule has 5 rings (SSSR count). The van der Waals surface area contributed by atoms with Gasteiger partial charge in [-0.05, 0) is 98.4 Å². The van der Waals surface area contributed by atoms with Gasteiger partial charge in [0.25, 0.3) is 0 Å². The summed E-state index contributed by atoms with van der Waals surface area (Å²) in [6, 6.07) is 21.6. The van der Waals surface area contributed by atoms with Gasteiger partial charge < -0.3 is 24.8 Å². The van der Waals surface area contributed by atoms with E-state index in [1.807, 2.05) is 49.4 Å². The molecule has 1 fully saturated rings. The molecule has 1 aliphatic heterocycles. The number of carbonyl (C=O) groups excluding carboxylic acids is 1. The minimum atomic E-state index is -0.273. The van der Waals surface area contributed by atoms with Gasteiger partial charge in [0.05, 0.1) is 17.8 Å². The normalized spacial score (nSPS) is 16.9. The minimum Gasteiger partial charge on any atom is -0.375 e. The van der Waals surface area contributed by atoms with Crippen LogP contribution in [0.25, 0.3) is 5.69 Å². The zero-order chi connectivity index (χ0) is 26.8. The van der Waals surface area contributed by atoms with Crippen molar-refractivity contribution in [2.45, 2.75) is 25.9 Å². The molecular weight excluding hydrogens is 501 g/mol. The minimum absolute atomic E-state index is 0.0145. The predicted octanol–water partition coefficient (Wildman–Crippen LogP) is 5.39. The van der Waals surface area contributed by atoms with Gasteiger partial charge in [-0.1, -0.05) is 6.07 Å². The third-order valence-electron chi connectivity index (χ3n) is 6.68. The molecule has 7 nitrogen and oxygen atoms in total. The van der Waals surface area contributed by atoms with Crippen molar-refractivity contribution in [3.63, 3.8) is 0 Å². The van der Waals surface area contributed by atoms with Crippen LogP contribution in [0, 0.1) is 19.7 Å². The Labute approximate surface area is 226 Å². The van der Waals surface area contributed by atoms with Crippen LogP contribution in [0.15, 0.2) is 79.0 Å². The van der Waals surface area contributed by atoms with E-state index in [0.29, 0.717) is 10.8 Å². The Hall–Kier alpha value is -4.08. The Kier molecular flexibility index (Phi) is 7.22. The second kappa shape index (κ2) is 10.7. The summed E-state index contributed by atoms with van der Waals surface area (Å²) >= 11 is 5.86. The lowest BCUT2D eigenvalue weighted by atomic mass is 9.96. The van der Waals surface area contributed by atoms with Gasteiger partial charge in [0.1, 0.15) is 12.4 Å². The summed E-state index contributed by atoms with van der Waals surface area (Å²) in [5.41, 5.74) is 6.43. The predicted molar refractivity (Wildman–Crippen MR) is 150 cm³/mol. The summed E-state index contributed by atoms with van der Waals surface area (Å²) in [6.07, 6.45) is 1.78. The highest BCUT2D eigenvalue weighted by molar-refractivity contribution is 7.80. The summed E-state index contributed by atoms with van der Waals surface area (Å²) in [4.78, 5) is 18.7. The number of anilines is 2. The number of thiocarbonyl (C=S) groups is 1. The zero-order valence-electron chi connectivity index (χ0n) is 21.3. The highest BCUT2D eigenvalue weighted by Crippen LogP contribution is 2.43. The Balaban J connectivity index is 1.57. The number of hydrogen-bond acceptors (Lipinski definition) is 4. The number of methoxy groups -OCH3 is 1. The largest absolute Gasteiger partial charge is 0.375 e. The molecule has 2 unspecified atom stereocenters. The molecule has 3 heterocycles. The molecule has 0 saturated carbocycles. The van der Waals surface area contributed by atoms with Gasteiger partial charge in [-0.25, -0.2) is 4.39 Å². The number of halogens is 1. The first kappa shape index (κ1) is 25.6. The monoisotopic (exact) mass is 529 g/mol. The molecule has 1 saturated heterocycles. The van der Waals surface area contributed by atoms with Gasteiger partial charge in [0.15, 0.2) is 5.11 Å². The number of nitrogens with one attached hydrogen (secondary N) is 2. The van der Waals surface area contributed by atoms with E-state index in [-0.39, 0.29) is 30.4 Å². The van der Waals surface area contributed by atoms with Crippen LogP contribution in [-0.4, -0.2) is 34.3 Å². The van der Waals surface area contributed by atoms with Crippen molar-refractivity contribution in [3.8, 4) is 5.69 Å². The molecule has 0 radical (unpaired) electrons. The summed E-state index contributed by atoms with van der Waals surface area (Å²) in [7, 11) is 1.48. The van der Waals surface area contributed by atoms with E-state index in [1.165, 1.54) is 19.2 Å². The fraction of sp³-hybridized carbons (Fsp3) is 0.207. The maximum Gasteiger partial charge on any atom is 0.250 e. The number of carbonyl (C=O) groups is 1. The van der Waals surface area contributed by atoms with Crippen LogP contribution in [0.5, 0.6) is 0 Å². The van der Waals surface area contributed by atoms with Crippen molar-refractivity contribution in [3.05, 3.63) is 107 Å². The molecular formula is C29H28FN5O2S. The van der Waals surface area contributed by atoms with Crippen LogP contribution < -0.4 is 15.5 Å². The lowest BCUT2D eigenvalue weighted by Crippen LogP contribution is -2.29. The number of amides is 1. The summed E-state index contributed by atoms with van der Waals surface area (Å²) < 4.78 is 20.7. The first-order valence-corrected chi connectivity index (χ1v) is 12.6. The van der Waals surface area contributed by atoms with Crippen LogP contribution in [0.1, 0.15) is 34.7 Å². The number of aromatic nitrogens is 2. The first-order valence-electron chi connectivity index (χ1n) is 12.2. The SMILES string of the molecule is COCC(=O)Nc1ccc(N2C(=S)NC(c3ccccn3)C2c2cc(C)n(-c3ccc(F)cc3)c2C)cc1. The number of ether oxygens (including phenoxy) is 1. The van der Waals surface area contributed by atoms with E-state index in [4.69, 9.17) is 17.0 Å². The average Bonchev–Trinajstić information content (AvgIpc) is 3.41. The standard InChI is InChI=1S/C29H28FN5O2S/c1-18-16-24(19(2)34(18)22-11-7-20(30)8-12-22)28-27(25-6-4-5-15-31-25)33-29(38)35(28)23-13-9-21(10-14-23)32-26(36)17-37-3/h4-16,27-28H,17H2,1-3H3,(H,32,36)(H,33,38). The topological polar surface area (TPSA) is 71.4 Å². The Morgan fingerprint density at radius 2 is 1.79 bits per heavy atom. The van der Waals surface area contributed by atoms with Crippen molar-refractivity contribution in [1.82, 2.24) is 14.9 Å². The number of benzene rings is 2. The number of hydrogen-bond donors (Lipinski definition) is 2. The molecule has 4 aromatic rings. The number of aryl methyl sites for hydroxylation is 1. The molecule has 1 aliphatic rings. The molecule has 38 heavy (non-hydrogen) atoms. The molecule has 2 atom stereocenters. The van der Waals surface area contributed by atoms with E-state index in [2.05, 4.69) is 38.1 Å². The molecule has 194 valence electrons. The number of rotatable bonds is 7. The summed E-state index contributed by atoms with van der Waals surface area (Å²) in [5, 5.41) is 6.88. The van der Waals surface area contributed by atoms with E-state index >= 15 is 0 Å². The molecule has 0 bridgehead atoms. The van der Waals surface area contributed by atoms with Crippen molar-refractivity contribution in [2.75, 3.05) is 23.9 Å². The summed E-state index contributed by atoms with van der Waals surface area (Å²) in [5.74, 6) is -0.495. The third kappa shape index (κ3) is 4.90. The maximum absolute atomic E-state index is 13.6. The van der Waals surface area contributed by atoms with E-state index < -0.39 is 0 Å². The molecule has 0 spiro atoms. The Bertz CT molecular complexity index is 1460. The Morgan fingerprint density at radius 1 is 1.08 bits per heavy atom. The van der Waals surface area contributed by atoms with Crippen LogP contribution in [0.3, 0.4) is 0 Å². The molecule has 0 aliphatic carbocycles. The van der Waals surface area contributed by atoms with Crippen LogP contribution >= 0.6 is 12.2 Å². The molecule has 2 aromatic carbocycles. The first-order chi connectivity index (χ1) is 18.4. The molecule has 9 heteroatoms. The molecule has 1 amide bonds. The van der Waals surface area contributed by atoms with Crippen LogP contribution in [0.4, 0.5) is 15.8 Å². The van der Waals surface area contributed by atoms with Gasteiger partial charge in [0.2, 0.25) is 5.91 Å². The molecule has 2 aromatic heterocycles. The quantitative estimate of drug-likeness (QED) is 0.313. The lowest BCUT2D eigenvalue weighted by molar-refractivity contribution is -0.119. The van der Waals surface area contributed by atoms with E-state index in [0.717, 1.165) is 34.0 Å². The smallest absolute Gasteiger partial charge is 0.250 e. The van der Waals surface area contributed by atoms with E-state index in [1.54, 1.807) is 18.3 Å². The van der Waals surface area contributed by atoms with Crippen molar-refractivity contribution in [1.29, 1.82) is 0 Å². The van der Waals surface area contributed by atoms with E-state index in [9.17, 15) is 9.18 Å². The maximum atomic E-state index is 13.6. The van der Waals surface area contributed by atoms with Gasteiger partial charge >= 0.3 is 0 Å². The fourth-order valence-electron chi connectivity index (χ4n) is 5.06. The zero-order valence-corrected chi connectivity index (χ0v) is 22.1. The number of pyridine rings is 1. The Morgan fingerprint density at radius 3 is 2.45 bits per heavy atom. The van der Waals surface area contributed by atoms with Gasteiger partial charge in [-0.15, -0.1) is 0 Å². The lowest BCUT2D eigenvalue weighted by Gasteiger charge is -2.28. The van der Waals surface area contributed by atoms with Crippen LogP contribution in [0.2, 0.25) is 0 Å². The van der Waals surface area contributed by atoms with Crippen LogP contribution in [-0.2, 0) is 9.53 Å². The molecule has 2 N–H and O–H groups in total. The second-order valence-corrected chi connectivity index (χ2v) is 9.55. The second-order valence-electron chi connectivity index (χ2n) is 9.16. The third-order valence-corrected chi connectivity index (χ3v) is 6.99. The highest BCUT2D eigenvalue weighted by atomic mass is 32.1. The van der Waals surface area contributed by atoms with Crippen molar-refractivity contribution >= 4 is 34.6 Å². The average molecular weight is 530 g/mol.